The second-order valence-corrected chi connectivity index (χ2v) is 7.15. The van der Waals surface area contributed by atoms with Crippen LogP contribution in [0.4, 0.5) is 14.9 Å². The van der Waals surface area contributed by atoms with Gasteiger partial charge in [0, 0.05) is 17.8 Å². The summed E-state index contributed by atoms with van der Waals surface area (Å²) in [5.41, 5.74) is 0.362. The second kappa shape index (κ2) is 9.68. The molecule has 0 aliphatic heterocycles. The van der Waals surface area contributed by atoms with Crippen molar-refractivity contribution >= 4 is 23.7 Å². The number of amides is 2. The Hall–Kier alpha value is -3.42. The van der Waals surface area contributed by atoms with E-state index in [0.717, 1.165) is 0 Å². The molecule has 0 fully saturated rings. The monoisotopic (exact) mass is 402 g/mol. The molecule has 2 N–H and O–H groups in total. The lowest BCUT2D eigenvalue weighted by atomic mass is 10.2. The highest BCUT2D eigenvalue weighted by Crippen LogP contribution is 2.13. The summed E-state index contributed by atoms with van der Waals surface area (Å²) in [6.07, 6.45) is -0.612. The first kappa shape index (κ1) is 21.9. The number of benzene rings is 2. The Bertz CT molecular complexity index is 875. The van der Waals surface area contributed by atoms with Crippen molar-refractivity contribution in [2.75, 3.05) is 11.9 Å². The summed E-state index contributed by atoms with van der Waals surface area (Å²) in [7, 11) is 0. The van der Waals surface area contributed by atoms with Gasteiger partial charge >= 0.3 is 12.1 Å². The molecule has 0 saturated heterocycles. The van der Waals surface area contributed by atoms with Gasteiger partial charge in [0.15, 0.2) is 6.61 Å². The average Bonchev–Trinajstić information content (AvgIpc) is 2.64. The zero-order chi connectivity index (χ0) is 21.4. The first-order valence-corrected chi connectivity index (χ1v) is 8.91. The predicted molar refractivity (Wildman–Crippen MR) is 105 cm³/mol. The van der Waals surface area contributed by atoms with Crippen molar-refractivity contribution in [2.24, 2.45) is 0 Å². The first-order valence-electron chi connectivity index (χ1n) is 8.91. The molecule has 0 heterocycles. The standard InChI is InChI=1S/C21H23FN2O5/c1-21(2,3)29-20(27)24-16-10-8-14(9-11-16)19(26)28-13-18(25)23-12-15-6-4-5-7-17(15)22/h4-11H,12-13H2,1-3H3,(H,23,25)(H,24,27). The fourth-order valence-corrected chi connectivity index (χ4v) is 2.21. The molecule has 2 rings (SSSR count). The summed E-state index contributed by atoms with van der Waals surface area (Å²) in [5, 5.41) is 5.02. The minimum Gasteiger partial charge on any atom is -0.452 e. The molecule has 0 aromatic heterocycles. The van der Waals surface area contributed by atoms with Crippen molar-refractivity contribution in [1.29, 1.82) is 0 Å². The fraction of sp³-hybridized carbons (Fsp3) is 0.286. The molecule has 0 spiro atoms. The van der Waals surface area contributed by atoms with Gasteiger partial charge in [-0.05, 0) is 51.1 Å². The van der Waals surface area contributed by atoms with Gasteiger partial charge in [0.1, 0.15) is 11.4 Å². The van der Waals surface area contributed by atoms with Gasteiger partial charge in [-0.15, -0.1) is 0 Å². The highest BCUT2D eigenvalue weighted by atomic mass is 19.1. The van der Waals surface area contributed by atoms with Crippen LogP contribution in [0.1, 0.15) is 36.7 Å². The largest absolute Gasteiger partial charge is 0.452 e. The molecule has 2 amide bonds. The van der Waals surface area contributed by atoms with Crippen LogP contribution >= 0.6 is 0 Å². The van der Waals surface area contributed by atoms with E-state index in [9.17, 15) is 18.8 Å². The normalized spacial score (nSPS) is 10.8. The lowest BCUT2D eigenvalue weighted by molar-refractivity contribution is -0.124. The Balaban J connectivity index is 1.79. The summed E-state index contributed by atoms with van der Waals surface area (Å²) < 4.78 is 23.6. The highest BCUT2D eigenvalue weighted by molar-refractivity contribution is 5.92. The van der Waals surface area contributed by atoms with Crippen LogP contribution in [-0.2, 0) is 20.8 Å². The molecule has 0 saturated carbocycles. The zero-order valence-electron chi connectivity index (χ0n) is 16.5. The van der Waals surface area contributed by atoms with Crippen LogP contribution < -0.4 is 10.6 Å². The third kappa shape index (κ3) is 7.61. The first-order chi connectivity index (χ1) is 13.6. The number of halogens is 1. The maximum Gasteiger partial charge on any atom is 0.412 e. The van der Waals surface area contributed by atoms with E-state index in [-0.39, 0.29) is 12.1 Å². The Labute approximate surface area is 168 Å². The number of ether oxygens (including phenoxy) is 2. The predicted octanol–water partition coefficient (Wildman–Crippen LogP) is 3.65. The topological polar surface area (TPSA) is 93.7 Å². The number of carbonyl (C=O) groups excluding carboxylic acids is 3. The molecule has 29 heavy (non-hydrogen) atoms. The van der Waals surface area contributed by atoms with Gasteiger partial charge in [-0.1, -0.05) is 18.2 Å². The van der Waals surface area contributed by atoms with Gasteiger partial charge in [-0.2, -0.15) is 0 Å². The number of carbonyl (C=O) groups is 3. The quantitative estimate of drug-likeness (QED) is 0.720. The van der Waals surface area contributed by atoms with Crippen LogP contribution in [0.25, 0.3) is 0 Å². The van der Waals surface area contributed by atoms with Crippen LogP contribution in [0.3, 0.4) is 0 Å². The number of hydrogen-bond acceptors (Lipinski definition) is 5. The van der Waals surface area contributed by atoms with Crippen LogP contribution in [0, 0.1) is 5.82 Å². The summed E-state index contributed by atoms with van der Waals surface area (Å²) in [5.74, 6) is -1.68. The van der Waals surface area contributed by atoms with Crippen molar-refractivity contribution in [3.05, 3.63) is 65.5 Å². The van der Waals surface area contributed by atoms with Crippen molar-refractivity contribution in [2.45, 2.75) is 32.9 Å². The molecular weight excluding hydrogens is 379 g/mol. The van der Waals surface area contributed by atoms with Crippen LogP contribution in [0.5, 0.6) is 0 Å². The van der Waals surface area contributed by atoms with E-state index in [1.807, 2.05) is 0 Å². The number of nitrogens with one attached hydrogen (secondary N) is 2. The minimum atomic E-state index is -0.699. The Morgan fingerprint density at radius 3 is 2.28 bits per heavy atom. The molecular formula is C21H23FN2O5. The molecule has 0 atom stereocenters. The molecule has 0 bridgehead atoms. The van der Waals surface area contributed by atoms with Gasteiger partial charge in [-0.3, -0.25) is 10.1 Å². The summed E-state index contributed by atoms with van der Waals surface area (Å²) in [6.45, 7) is 4.74. The van der Waals surface area contributed by atoms with Crippen LogP contribution in [0.2, 0.25) is 0 Å². The van der Waals surface area contributed by atoms with E-state index in [4.69, 9.17) is 9.47 Å². The van der Waals surface area contributed by atoms with E-state index < -0.39 is 36.0 Å². The maximum atomic E-state index is 13.5. The second-order valence-electron chi connectivity index (χ2n) is 7.15. The van der Waals surface area contributed by atoms with Gasteiger partial charge in [0.05, 0.1) is 5.56 Å². The lowest BCUT2D eigenvalue weighted by Crippen LogP contribution is -2.28. The third-order valence-electron chi connectivity index (χ3n) is 3.53. The number of rotatable bonds is 6. The van der Waals surface area contributed by atoms with E-state index >= 15 is 0 Å². The number of anilines is 1. The van der Waals surface area contributed by atoms with Gasteiger partial charge in [-0.25, -0.2) is 14.0 Å². The van der Waals surface area contributed by atoms with E-state index in [1.165, 1.54) is 30.3 Å². The van der Waals surface area contributed by atoms with E-state index in [0.29, 0.717) is 11.3 Å². The summed E-state index contributed by atoms with van der Waals surface area (Å²) >= 11 is 0. The smallest absolute Gasteiger partial charge is 0.412 e. The molecule has 0 aliphatic carbocycles. The maximum absolute atomic E-state index is 13.5. The molecule has 0 unspecified atom stereocenters. The Morgan fingerprint density at radius 1 is 1.00 bits per heavy atom. The molecule has 2 aromatic carbocycles. The van der Waals surface area contributed by atoms with E-state index in [2.05, 4.69) is 10.6 Å². The Kier molecular flexibility index (Phi) is 7.30. The van der Waals surface area contributed by atoms with Crippen molar-refractivity contribution in [3.63, 3.8) is 0 Å². The third-order valence-corrected chi connectivity index (χ3v) is 3.53. The van der Waals surface area contributed by atoms with Crippen LogP contribution in [-0.4, -0.2) is 30.2 Å². The zero-order valence-corrected chi connectivity index (χ0v) is 16.5. The van der Waals surface area contributed by atoms with Crippen molar-refractivity contribution in [1.82, 2.24) is 5.32 Å². The molecule has 8 heteroatoms. The van der Waals surface area contributed by atoms with E-state index in [1.54, 1.807) is 39.0 Å². The van der Waals surface area contributed by atoms with Crippen molar-refractivity contribution in [3.8, 4) is 0 Å². The molecule has 7 nitrogen and oxygen atoms in total. The lowest BCUT2D eigenvalue weighted by Gasteiger charge is -2.19. The molecule has 0 aliphatic rings. The summed E-state index contributed by atoms with van der Waals surface area (Å²) in [4.78, 5) is 35.5. The van der Waals surface area contributed by atoms with Gasteiger partial charge in [0.2, 0.25) is 0 Å². The molecule has 2 aromatic rings. The van der Waals surface area contributed by atoms with Gasteiger partial charge < -0.3 is 14.8 Å². The summed E-state index contributed by atoms with van der Waals surface area (Å²) in [6, 6.07) is 12.0. The number of hydrogen-bond donors (Lipinski definition) is 2. The van der Waals surface area contributed by atoms with Gasteiger partial charge in [0.25, 0.3) is 5.91 Å². The van der Waals surface area contributed by atoms with Crippen molar-refractivity contribution < 1.29 is 28.2 Å². The SMILES string of the molecule is CC(C)(C)OC(=O)Nc1ccc(C(=O)OCC(=O)NCc2ccccc2F)cc1. The number of esters is 1. The Morgan fingerprint density at radius 2 is 1.66 bits per heavy atom. The average molecular weight is 402 g/mol. The highest BCUT2D eigenvalue weighted by Gasteiger charge is 2.16. The minimum absolute atomic E-state index is 0.00586. The molecule has 154 valence electrons. The fourth-order valence-electron chi connectivity index (χ4n) is 2.21. The molecule has 0 radical (unpaired) electrons. The van der Waals surface area contributed by atoms with Crippen LogP contribution in [0.15, 0.2) is 48.5 Å².